The Labute approximate surface area is 261 Å². The standard InChI is InChI=1S/C36H46O8/c1-34(2,3)30-15-28(19-38-17-24-11-9-13-26-21-41-35(4,5)43-32(24)26)31(40-23-37-8)29(16-30)20-39-18-25-12-10-14-27-22-42-36(6,7)44-33(25)27/h9-16H,17-23H2,1-8H3. The van der Waals surface area contributed by atoms with Crippen molar-refractivity contribution in [3.63, 3.8) is 0 Å². The lowest BCUT2D eigenvalue weighted by molar-refractivity contribution is -0.181. The van der Waals surface area contributed by atoms with Crippen LogP contribution < -0.4 is 14.2 Å². The van der Waals surface area contributed by atoms with E-state index in [0.29, 0.717) is 45.4 Å². The van der Waals surface area contributed by atoms with Crippen molar-refractivity contribution in [1.29, 1.82) is 0 Å². The van der Waals surface area contributed by atoms with Crippen LogP contribution in [0.2, 0.25) is 0 Å². The lowest BCUT2D eigenvalue weighted by atomic mass is 9.84. The van der Waals surface area contributed by atoms with Gasteiger partial charge >= 0.3 is 0 Å². The van der Waals surface area contributed by atoms with Crippen LogP contribution in [0.5, 0.6) is 17.2 Å². The van der Waals surface area contributed by atoms with Gasteiger partial charge in [-0.2, -0.15) is 0 Å². The summed E-state index contributed by atoms with van der Waals surface area (Å²) in [5.41, 5.74) is 6.93. The van der Waals surface area contributed by atoms with Crippen molar-refractivity contribution in [2.24, 2.45) is 0 Å². The first kappa shape index (κ1) is 32.3. The zero-order valence-electron chi connectivity index (χ0n) is 27.3. The van der Waals surface area contributed by atoms with E-state index in [4.69, 9.17) is 37.9 Å². The maximum Gasteiger partial charge on any atom is 0.205 e. The number of benzene rings is 3. The average Bonchev–Trinajstić information content (AvgIpc) is 2.95. The Kier molecular flexibility index (Phi) is 9.58. The van der Waals surface area contributed by atoms with Gasteiger partial charge in [-0.05, 0) is 23.1 Å². The first-order valence-electron chi connectivity index (χ1n) is 15.2. The summed E-state index contributed by atoms with van der Waals surface area (Å²) in [7, 11) is 1.61. The van der Waals surface area contributed by atoms with Gasteiger partial charge in [0.1, 0.15) is 17.2 Å². The molecule has 8 heteroatoms. The number of ether oxygens (including phenoxy) is 8. The molecule has 0 amide bonds. The quantitative estimate of drug-likeness (QED) is 0.206. The van der Waals surface area contributed by atoms with Crippen molar-refractivity contribution in [3.05, 3.63) is 87.5 Å². The van der Waals surface area contributed by atoms with Gasteiger partial charge in [-0.1, -0.05) is 57.2 Å². The Balaban J connectivity index is 1.36. The molecule has 0 unspecified atom stereocenters. The number of rotatable bonds is 11. The highest BCUT2D eigenvalue weighted by Crippen LogP contribution is 2.38. The van der Waals surface area contributed by atoms with Crippen molar-refractivity contribution in [2.45, 2.75) is 105 Å². The summed E-state index contributed by atoms with van der Waals surface area (Å²) in [5.74, 6) is 1.00. The minimum absolute atomic E-state index is 0.0981. The highest BCUT2D eigenvalue weighted by molar-refractivity contribution is 5.47. The first-order chi connectivity index (χ1) is 20.9. The molecule has 0 fully saturated rings. The van der Waals surface area contributed by atoms with Crippen molar-refractivity contribution < 1.29 is 37.9 Å². The van der Waals surface area contributed by atoms with Gasteiger partial charge in [-0.25, -0.2) is 0 Å². The topological polar surface area (TPSA) is 73.8 Å². The van der Waals surface area contributed by atoms with Crippen LogP contribution in [0.25, 0.3) is 0 Å². The molecule has 0 spiro atoms. The SMILES string of the molecule is COCOc1c(COCc2cccc3c2OC(C)(C)OC3)cc(C(C)(C)C)cc1COCc1cccc2c1OC(C)(C)OC2. The van der Waals surface area contributed by atoms with E-state index in [2.05, 4.69) is 32.9 Å². The molecule has 0 aromatic heterocycles. The summed E-state index contributed by atoms with van der Waals surface area (Å²) in [6.07, 6.45) is 0. The van der Waals surface area contributed by atoms with Crippen LogP contribution in [-0.2, 0) is 68.7 Å². The zero-order chi connectivity index (χ0) is 31.5. The molecule has 2 aliphatic rings. The molecule has 0 atom stereocenters. The second kappa shape index (κ2) is 13.1. The molecule has 0 saturated heterocycles. The summed E-state index contributed by atoms with van der Waals surface area (Å²) in [5, 5.41) is 0. The molecular weight excluding hydrogens is 560 g/mol. The molecule has 44 heavy (non-hydrogen) atoms. The van der Waals surface area contributed by atoms with E-state index in [9.17, 15) is 0 Å². The Morgan fingerprint density at radius 2 is 1.14 bits per heavy atom. The van der Waals surface area contributed by atoms with Gasteiger partial charge in [0.2, 0.25) is 11.6 Å². The maximum atomic E-state index is 6.33. The van der Waals surface area contributed by atoms with E-state index in [0.717, 1.165) is 50.4 Å². The maximum absolute atomic E-state index is 6.33. The second-order valence-corrected chi connectivity index (χ2v) is 13.3. The fourth-order valence-electron chi connectivity index (χ4n) is 5.29. The molecule has 3 aromatic rings. The minimum atomic E-state index is -0.685. The lowest BCUT2D eigenvalue weighted by Crippen LogP contribution is -2.35. The van der Waals surface area contributed by atoms with Crippen molar-refractivity contribution in [2.75, 3.05) is 13.9 Å². The van der Waals surface area contributed by atoms with Crippen LogP contribution >= 0.6 is 0 Å². The third-order valence-corrected chi connectivity index (χ3v) is 7.66. The predicted molar refractivity (Wildman–Crippen MR) is 167 cm³/mol. The van der Waals surface area contributed by atoms with Gasteiger partial charge in [0.05, 0.1) is 39.6 Å². The van der Waals surface area contributed by atoms with Gasteiger partial charge in [-0.3, -0.25) is 0 Å². The smallest absolute Gasteiger partial charge is 0.205 e. The normalized spacial score (nSPS) is 16.8. The Bertz CT molecular complexity index is 1360. The predicted octanol–water partition coefficient (Wildman–Crippen LogP) is 7.69. The number of hydrogen-bond acceptors (Lipinski definition) is 8. The summed E-state index contributed by atoms with van der Waals surface area (Å²) in [6.45, 7) is 16.8. The summed E-state index contributed by atoms with van der Waals surface area (Å²) >= 11 is 0. The summed E-state index contributed by atoms with van der Waals surface area (Å²) < 4.78 is 48.1. The third-order valence-electron chi connectivity index (χ3n) is 7.66. The Morgan fingerprint density at radius 3 is 1.57 bits per heavy atom. The zero-order valence-corrected chi connectivity index (χ0v) is 27.3. The lowest BCUT2D eigenvalue weighted by Gasteiger charge is -2.33. The van der Waals surface area contributed by atoms with Gasteiger partial charge in [0.15, 0.2) is 6.79 Å². The van der Waals surface area contributed by atoms with Gasteiger partial charge in [0, 0.05) is 68.2 Å². The van der Waals surface area contributed by atoms with Crippen molar-refractivity contribution in [1.82, 2.24) is 0 Å². The summed E-state index contributed by atoms with van der Waals surface area (Å²) in [4.78, 5) is 0. The highest BCUT2D eigenvalue weighted by Gasteiger charge is 2.30. The molecule has 8 nitrogen and oxygen atoms in total. The first-order valence-corrected chi connectivity index (χ1v) is 15.2. The number of hydrogen-bond donors (Lipinski definition) is 0. The Hall–Kier alpha value is -3.14. The molecule has 0 radical (unpaired) electrons. The molecule has 238 valence electrons. The molecular formula is C36H46O8. The van der Waals surface area contributed by atoms with E-state index >= 15 is 0 Å². The third kappa shape index (κ3) is 7.73. The average molecular weight is 607 g/mol. The molecule has 3 aromatic carbocycles. The fraction of sp³-hybridized carbons (Fsp3) is 0.500. The van der Waals surface area contributed by atoms with E-state index < -0.39 is 11.6 Å². The van der Waals surface area contributed by atoms with Crippen LogP contribution in [0, 0.1) is 0 Å². The van der Waals surface area contributed by atoms with E-state index in [1.165, 1.54) is 0 Å². The fourth-order valence-corrected chi connectivity index (χ4v) is 5.29. The van der Waals surface area contributed by atoms with Crippen LogP contribution in [0.1, 0.15) is 87.4 Å². The van der Waals surface area contributed by atoms with Crippen molar-refractivity contribution in [3.8, 4) is 17.2 Å². The molecule has 0 saturated carbocycles. The highest BCUT2D eigenvalue weighted by atomic mass is 16.7. The number of para-hydroxylation sites is 2. The van der Waals surface area contributed by atoms with Crippen LogP contribution in [0.15, 0.2) is 48.5 Å². The monoisotopic (exact) mass is 606 g/mol. The molecule has 0 N–H and O–H groups in total. The van der Waals surface area contributed by atoms with E-state index in [1.54, 1.807) is 7.11 Å². The van der Waals surface area contributed by atoms with Gasteiger partial charge < -0.3 is 37.9 Å². The van der Waals surface area contributed by atoms with Gasteiger partial charge in [-0.15, -0.1) is 0 Å². The molecule has 0 aliphatic carbocycles. The Morgan fingerprint density at radius 1 is 0.682 bits per heavy atom. The number of fused-ring (bicyclic) bond motifs is 2. The van der Waals surface area contributed by atoms with Crippen LogP contribution in [0.3, 0.4) is 0 Å². The number of methoxy groups -OCH3 is 1. The van der Waals surface area contributed by atoms with Gasteiger partial charge in [0.25, 0.3) is 0 Å². The molecule has 5 rings (SSSR count). The second-order valence-electron chi connectivity index (χ2n) is 13.3. The molecule has 2 heterocycles. The van der Waals surface area contributed by atoms with Crippen LogP contribution in [-0.4, -0.2) is 25.5 Å². The largest absolute Gasteiger partial charge is 0.467 e. The van der Waals surface area contributed by atoms with E-state index in [-0.39, 0.29) is 12.2 Å². The summed E-state index contributed by atoms with van der Waals surface area (Å²) in [6, 6.07) is 16.4. The minimum Gasteiger partial charge on any atom is -0.467 e. The molecule has 0 bridgehead atoms. The van der Waals surface area contributed by atoms with Crippen molar-refractivity contribution >= 4 is 0 Å². The molecule has 2 aliphatic heterocycles. The van der Waals surface area contributed by atoms with Crippen LogP contribution in [0.4, 0.5) is 0 Å². The van der Waals surface area contributed by atoms with E-state index in [1.807, 2.05) is 64.1 Å².